The van der Waals surface area contributed by atoms with Gasteiger partial charge in [-0.2, -0.15) is 4.31 Å². The molecule has 2 aliphatic rings. The Hall–Kier alpha value is -2.91. The van der Waals surface area contributed by atoms with Gasteiger partial charge in [0.1, 0.15) is 5.75 Å². The van der Waals surface area contributed by atoms with Crippen molar-refractivity contribution >= 4 is 27.5 Å². The number of carbonyl (C=O) groups excluding carboxylic acids is 2. The quantitative estimate of drug-likeness (QED) is 0.737. The number of carbonyl (C=O) groups is 2. The van der Waals surface area contributed by atoms with Gasteiger partial charge >= 0.3 is 0 Å². The molecule has 4 rings (SSSR count). The van der Waals surface area contributed by atoms with E-state index in [9.17, 15) is 18.0 Å². The van der Waals surface area contributed by atoms with Crippen molar-refractivity contribution in [2.75, 3.05) is 31.6 Å². The number of nitrogens with one attached hydrogen (secondary N) is 1. The Morgan fingerprint density at radius 2 is 1.81 bits per heavy atom. The Bertz CT molecular complexity index is 1080. The molecule has 164 valence electrons. The van der Waals surface area contributed by atoms with Gasteiger partial charge in [-0.05, 0) is 49.2 Å². The van der Waals surface area contributed by atoms with Gasteiger partial charge < -0.3 is 15.0 Å². The molecule has 1 atom stereocenters. The number of sulfonamides is 1. The predicted octanol–water partition coefficient (Wildman–Crippen LogP) is 2.01. The van der Waals surface area contributed by atoms with Gasteiger partial charge in [-0.1, -0.05) is 6.07 Å². The van der Waals surface area contributed by atoms with Crippen molar-refractivity contribution < 1.29 is 22.7 Å². The van der Waals surface area contributed by atoms with Crippen LogP contribution in [0.5, 0.6) is 5.75 Å². The number of ether oxygens (including phenoxy) is 1. The van der Waals surface area contributed by atoms with Crippen LogP contribution in [0.25, 0.3) is 0 Å². The molecule has 0 bridgehead atoms. The summed E-state index contributed by atoms with van der Waals surface area (Å²) in [6.07, 6.45) is 1.93. The van der Waals surface area contributed by atoms with Crippen molar-refractivity contribution in [1.82, 2.24) is 9.62 Å². The predicted molar refractivity (Wildman–Crippen MR) is 116 cm³/mol. The number of anilines is 1. The van der Waals surface area contributed by atoms with E-state index >= 15 is 0 Å². The molecule has 8 nitrogen and oxygen atoms in total. The highest BCUT2D eigenvalue weighted by Gasteiger charge is 2.32. The van der Waals surface area contributed by atoms with Crippen LogP contribution in [-0.4, -0.2) is 57.3 Å². The normalized spacial score (nSPS) is 19.6. The number of hydrogen-bond acceptors (Lipinski definition) is 5. The molecule has 0 aliphatic carbocycles. The van der Waals surface area contributed by atoms with Crippen molar-refractivity contribution in [2.24, 2.45) is 0 Å². The molecule has 2 saturated heterocycles. The van der Waals surface area contributed by atoms with Gasteiger partial charge in [0.25, 0.3) is 5.91 Å². The van der Waals surface area contributed by atoms with E-state index in [1.54, 1.807) is 24.1 Å². The van der Waals surface area contributed by atoms with Crippen LogP contribution in [0.15, 0.2) is 53.4 Å². The molecule has 31 heavy (non-hydrogen) atoms. The first-order valence-corrected chi connectivity index (χ1v) is 11.7. The molecule has 0 radical (unpaired) electrons. The maximum absolute atomic E-state index is 12.6. The summed E-state index contributed by atoms with van der Waals surface area (Å²) in [6.45, 7) is 1.42. The maximum Gasteiger partial charge on any atom is 0.251 e. The van der Waals surface area contributed by atoms with Crippen molar-refractivity contribution in [3.63, 3.8) is 0 Å². The lowest BCUT2D eigenvalue weighted by Crippen LogP contribution is -2.37. The van der Waals surface area contributed by atoms with Gasteiger partial charge in [0.05, 0.1) is 18.0 Å². The molecule has 2 amide bonds. The molecule has 0 unspecified atom stereocenters. The second-order valence-electron chi connectivity index (χ2n) is 7.72. The van der Waals surface area contributed by atoms with E-state index in [1.165, 1.54) is 28.6 Å². The largest absolute Gasteiger partial charge is 0.497 e. The summed E-state index contributed by atoms with van der Waals surface area (Å²) in [6, 6.07) is 12.8. The molecular formula is C22H25N3O5S. The zero-order valence-electron chi connectivity index (χ0n) is 17.3. The third-order valence-corrected chi connectivity index (χ3v) is 7.56. The van der Waals surface area contributed by atoms with Crippen LogP contribution in [0, 0.1) is 0 Å². The lowest BCUT2D eigenvalue weighted by atomic mass is 10.2. The highest BCUT2D eigenvalue weighted by Crippen LogP contribution is 2.26. The molecule has 2 fully saturated rings. The summed E-state index contributed by atoms with van der Waals surface area (Å²) in [5.41, 5.74) is 1.07. The number of methoxy groups -OCH3 is 1. The summed E-state index contributed by atoms with van der Waals surface area (Å²) in [5, 5.41) is 2.87. The van der Waals surface area contributed by atoms with Gasteiger partial charge in [-0.3, -0.25) is 9.59 Å². The minimum atomic E-state index is -3.51. The molecule has 0 saturated carbocycles. The van der Waals surface area contributed by atoms with Crippen molar-refractivity contribution in [1.29, 1.82) is 0 Å². The van der Waals surface area contributed by atoms with Crippen LogP contribution in [-0.2, 0) is 14.8 Å². The monoisotopic (exact) mass is 443 g/mol. The van der Waals surface area contributed by atoms with Crippen LogP contribution in [0.4, 0.5) is 5.69 Å². The summed E-state index contributed by atoms with van der Waals surface area (Å²) in [5.74, 6) is 0.239. The van der Waals surface area contributed by atoms with E-state index in [1.807, 2.05) is 12.1 Å². The van der Waals surface area contributed by atoms with Crippen LogP contribution < -0.4 is 15.0 Å². The fourth-order valence-electron chi connectivity index (χ4n) is 3.96. The SMILES string of the molecule is COc1cccc(N2C[C@H](NC(=O)c3ccc(S(=O)(=O)N4CCCC4)cc3)CC2=O)c1. The second-order valence-corrected chi connectivity index (χ2v) is 9.65. The molecule has 2 heterocycles. The Morgan fingerprint density at radius 3 is 2.48 bits per heavy atom. The highest BCUT2D eigenvalue weighted by molar-refractivity contribution is 7.89. The van der Waals surface area contributed by atoms with Crippen LogP contribution in [0.3, 0.4) is 0 Å². The van der Waals surface area contributed by atoms with Crippen LogP contribution in [0.2, 0.25) is 0 Å². The van der Waals surface area contributed by atoms with E-state index < -0.39 is 10.0 Å². The Morgan fingerprint density at radius 1 is 1.10 bits per heavy atom. The van der Waals surface area contributed by atoms with Crippen molar-refractivity contribution in [3.05, 3.63) is 54.1 Å². The minimum Gasteiger partial charge on any atom is -0.497 e. The zero-order chi connectivity index (χ0) is 22.0. The van der Waals surface area contributed by atoms with E-state index in [4.69, 9.17) is 4.74 Å². The van der Waals surface area contributed by atoms with Gasteiger partial charge in [0.15, 0.2) is 0 Å². The van der Waals surface area contributed by atoms with Gasteiger partial charge in [0.2, 0.25) is 15.9 Å². The summed E-state index contributed by atoms with van der Waals surface area (Å²) in [4.78, 5) is 26.9. The lowest BCUT2D eigenvalue weighted by molar-refractivity contribution is -0.117. The smallest absolute Gasteiger partial charge is 0.251 e. The Kier molecular flexibility index (Phi) is 5.97. The molecule has 0 spiro atoms. The van der Waals surface area contributed by atoms with Gasteiger partial charge in [0, 0.05) is 43.4 Å². The van der Waals surface area contributed by atoms with E-state index in [-0.39, 0.29) is 29.2 Å². The highest BCUT2D eigenvalue weighted by atomic mass is 32.2. The maximum atomic E-state index is 12.6. The number of rotatable bonds is 6. The minimum absolute atomic E-state index is 0.0781. The average Bonchev–Trinajstić information content (AvgIpc) is 3.44. The lowest BCUT2D eigenvalue weighted by Gasteiger charge is -2.18. The summed E-state index contributed by atoms with van der Waals surface area (Å²) >= 11 is 0. The fraction of sp³-hybridized carbons (Fsp3) is 0.364. The number of amides is 2. The fourth-order valence-corrected chi connectivity index (χ4v) is 5.47. The summed E-state index contributed by atoms with van der Waals surface area (Å²) in [7, 11) is -1.95. The molecule has 1 N–H and O–H groups in total. The molecule has 2 aromatic rings. The molecule has 2 aromatic carbocycles. The van der Waals surface area contributed by atoms with Crippen molar-refractivity contribution in [2.45, 2.75) is 30.2 Å². The molecule has 9 heteroatoms. The third-order valence-electron chi connectivity index (χ3n) is 5.64. The second kappa shape index (κ2) is 8.68. The van der Waals surface area contributed by atoms with Gasteiger partial charge in [-0.25, -0.2) is 8.42 Å². The summed E-state index contributed by atoms with van der Waals surface area (Å²) < 4.78 is 31.9. The number of hydrogen-bond donors (Lipinski definition) is 1. The first kappa shape index (κ1) is 21.3. The van der Waals surface area contributed by atoms with Crippen LogP contribution in [0.1, 0.15) is 29.6 Å². The van der Waals surface area contributed by atoms with Crippen LogP contribution >= 0.6 is 0 Å². The molecule has 0 aromatic heterocycles. The molecule has 2 aliphatic heterocycles. The average molecular weight is 444 g/mol. The Balaban J connectivity index is 1.41. The van der Waals surface area contributed by atoms with E-state index in [0.717, 1.165) is 18.5 Å². The van der Waals surface area contributed by atoms with Crippen molar-refractivity contribution in [3.8, 4) is 5.75 Å². The standard InChI is InChI=1S/C22H25N3O5S/c1-30-19-6-4-5-18(14-19)25-15-17(13-21(25)26)23-22(27)16-7-9-20(10-8-16)31(28,29)24-11-2-3-12-24/h4-10,14,17H,2-3,11-13,15H2,1H3,(H,23,27)/t17-/m1/s1. The Labute approximate surface area is 181 Å². The third kappa shape index (κ3) is 4.42. The van der Waals surface area contributed by atoms with Gasteiger partial charge in [-0.15, -0.1) is 0 Å². The topological polar surface area (TPSA) is 96.0 Å². The zero-order valence-corrected chi connectivity index (χ0v) is 18.1. The number of nitrogens with zero attached hydrogens (tertiary/aromatic N) is 2. The molecular weight excluding hydrogens is 418 g/mol. The first-order chi connectivity index (χ1) is 14.9. The van der Waals surface area contributed by atoms with E-state index in [2.05, 4.69) is 5.32 Å². The first-order valence-electron chi connectivity index (χ1n) is 10.2. The number of benzene rings is 2. The van der Waals surface area contributed by atoms with E-state index in [0.29, 0.717) is 30.9 Å².